The number of rotatable bonds is 6. The van der Waals surface area contributed by atoms with Gasteiger partial charge in [0.15, 0.2) is 6.04 Å². The second kappa shape index (κ2) is 8.50. The lowest BCUT2D eigenvalue weighted by molar-refractivity contribution is -0.159. The van der Waals surface area contributed by atoms with Gasteiger partial charge in [-0.25, -0.2) is 5.84 Å². The third-order valence-corrected chi connectivity index (χ3v) is 6.26. The first-order valence-corrected chi connectivity index (χ1v) is 10.2. The molecule has 10 heteroatoms. The molecule has 0 aliphatic carbocycles. The number of hydrogen-bond donors (Lipinski definition) is 2. The molecule has 2 aromatic carbocycles. The fourth-order valence-electron chi connectivity index (χ4n) is 3.77. The molecule has 1 atom stereocenters. The highest BCUT2D eigenvalue weighted by Gasteiger charge is 2.46. The molecule has 5 nitrogen and oxygen atoms in total. The van der Waals surface area contributed by atoms with Crippen LogP contribution in [-0.4, -0.2) is 35.2 Å². The molecule has 0 amide bonds. The van der Waals surface area contributed by atoms with Crippen LogP contribution in [0, 0.1) is 12.3 Å². The van der Waals surface area contributed by atoms with Gasteiger partial charge in [0.25, 0.3) is 0 Å². The number of hydrazine groups is 1. The standard InChI is InChI=1S/C21H22Cl2F3N3O2/c1-12-7-13(3-5-16(12)22)18(21(24,25)26)29(27)15-4-6-17(23)14(8-15)9-28-10-20(2,11-28)19(30)31/h3-8,18H,9-11,27H2,1-2H3,(H,30,31)/t18-/m0/s1. The van der Waals surface area contributed by atoms with Crippen molar-refractivity contribution in [3.63, 3.8) is 0 Å². The number of anilines is 1. The van der Waals surface area contributed by atoms with E-state index in [1.165, 1.54) is 36.4 Å². The second-order valence-corrected chi connectivity index (χ2v) is 8.96. The van der Waals surface area contributed by atoms with E-state index < -0.39 is 23.6 Å². The summed E-state index contributed by atoms with van der Waals surface area (Å²) in [5.41, 5.74) is 0.343. The Morgan fingerprint density at radius 2 is 1.84 bits per heavy atom. The molecule has 0 unspecified atom stereocenters. The van der Waals surface area contributed by atoms with Gasteiger partial charge in [-0.2, -0.15) is 13.2 Å². The molecule has 0 aromatic heterocycles. The summed E-state index contributed by atoms with van der Waals surface area (Å²) in [5, 5.41) is 10.6. The molecule has 0 radical (unpaired) electrons. The fourth-order valence-corrected chi connectivity index (χ4v) is 4.06. The summed E-state index contributed by atoms with van der Waals surface area (Å²) in [6, 6.07) is 6.40. The predicted molar refractivity (Wildman–Crippen MR) is 114 cm³/mol. The highest BCUT2D eigenvalue weighted by atomic mass is 35.5. The lowest BCUT2D eigenvalue weighted by Crippen LogP contribution is -2.58. The zero-order valence-corrected chi connectivity index (χ0v) is 18.4. The first kappa shape index (κ1) is 23.7. The summed E-state index contributed by atoms with van der Waals surface area (Å²) in [7, 11) is 0. The van der Waals surface area contributed by atoms with Crippen molar-refractivity contribution in [3.05, 3.63) is 63.1 Å². The number of likely N-dealkylation sites (tertiary alicyclic amines) is 1. The Balaban J connectivity index is 1.87. The van der Waals surface area contributed by atoms with Crippen LogP contribution in [0.5, 0.6) is 0 Å². The SMILES string of the molecule is Cc1cc([C@H](N(N)c2ccc(Cl)c(CN3CC(C)(C(=O)O)C3)c2)C(F)(F)F)ccc1Cl. The minimum atomic E-state index is -4.64. The third-order valence-electron chi connectivity index (χ3n) is 5.47. The summed E-state index contributed by atoms with van der Waals surface area (Å²) in [4.78, 5) is 13.1. The summed E-state index contributed by atoms with van der Waals surface area (Å²) < 4.78 is 41.8. The second-order valence-electron chi connectivity index (χ2n) is 8.15. The summed E-state index contributed by atoms with van der Waals surface area (Å²) >= 11 is 12.2. The van der Waals surface area contributed by atoms with Gasteiger partial charge in [0.05, 0.1) is 11.1 Å². The van der Waals surface area contributed by atoms with E-state index in [9.17, 15) is 23.1 Å². The average molecular weight is 476 g/mol. The van der Waals surface area contributed by atoms with E-state index in [2.05, 4.69) is 0 Å². The molecule has 1 aliphatic heterocycles. The van der Waals surface area contributed by atoms with Crippen LogP contribution >= 0.6 is 23.2 Å². The number of carboxylic acid groups (broad SMARTS) is 1. The lowest BCUT2D eigenvalue weighted by atomic mass is 9.82. The van der Waals surface area contributed by atoms with Gasteiger partial charge >= 0.3 is 12.1 Å². The first-order valence-electron chi connectivity index (χ1n) is 9.43. The maximum Gasteiger partial charge on any atom is 0.414 e. The molecule has 0 spiro atoms. The Kier molecular flexibility index (Phi) is 6.49. The van der Waals surface area contributed by atoms with E-state index in [0.717, 1.165) is 0 Å². The molecule has 1 fully saturated rings. The van der Waals surface area contributed by atoms with Crippen LogP contribution in [0.25, 0.3) is 0 Å². The van der Waals surface area contributed by atoms with Gasteiger partial charge in [-0.05, 0) is 54.8 Å². The van der Waals surface area contributed by atoms with E-state index >= 15 is 0 Å². The van der Waals surface area contributed by atoms with E-state index in [0.29, 0.717) is 45.8 Å². The first-order chi connectivity index (χ1) is 14.3. The maximum absolute atomic E-state index is 13.9. The van der Waals surface area contributed by atoms with Gasteiger partial charge < -0.3 is 5.11 Å². The van der Waals surface area contributed by atoms with Crippen LogP contribution in [0.1, 0.15) is 29.7 Å². The Morgan fingerprint density at radius 3 is 2.39 bits per heavy atom. The fraction of sp³-hybridized carbons (Fsp3) is 0.381. The zero-order valence-electron chi connectivity index (χ0n) is 16.9. The highest BCUT2D eigenvalue weighted by molar-refractivity contribution is 6.31. The Labute approximate surface area is 188 Å². The number of benzene rings is 2. The number of aryl methyl sites for hydroxylation is 1. The van der Waals surface area contributed by atoms with Crippen molar-refractivity contribution < 1.29 is 23.1 Å². The molecule has 3 rings (SSSR count). The molecule has 0 bridgehead atoms. The minimum Gasteiger partial charge on any atom is -0.481 e. The number of nitrogens with two attached hydrogens (primary N) is 1. The van der Waals surface area contributed by atoms with Gasteiger partial charge in [-0.3, -0.25) is 14.7 Å². The van der Waals surface area contributed by atoms with Crippen molar-refractivity contribution in [2.75, 3.05) is 18.1 Å². The number of carboxylic acids is 1. The molecular weight excluding hydrogens is 454 g/mol. The number of hydrogen-bond acceptors (Lipinski definition) is 4. The molecule has 1 aliphatic rings. The van der Waals surface area contributed by atoms with Crippen LogP contribution in [0.2, 0.25) is 10.0 Å². The molecule has 1 heterocycles. The van der Waals surface area contributed by atoms with Crippen LogP contribution in [0.3, 0.4) is 0 Å². The summed E-state index contributed by atoms with van der Waals surface area (Å²) in [5.74, 6) is 5.08. The molecule has 2 aromatic rings. The monoisotopic (exact) mass is 475 g/mol. The van der Waals surface area contributed by atoms with Crippen molar-refractivity contribution in [3.8, 4) is 0 Å². The highest BCUT2D eigenvalue weighted by Crippen LogP contribution is 2.40. The minimum absolute atomic E-state index is 0.0339. The largest absolute Gasteiger partial charge is 0.481 e. The third kappa shape index (κ3) is 4.92. The normalized spacial score (nSPS) is 17.2. The van der Waals surface area contributed by atoms with Crippen LogP contribution in [0.4, 0.5) is 18.9 Å². The smallest absolute Gasteiger partial charge is 0.414 e. The predicted octanol–water partition coefficient (Wildman–Crippen LogP) is 5.19. The summed E-state index contributed by atoms with van der Waals surface area (Å²) in [6.07, 6.45) is -4.64. The van der Waals surface area contributed by atoms with Crippen LogP contribution in [0.15, 0.2) is 36.4 Å². The molecule has 0 saturated carbocycles. The number of nitrogens with zero attached hydrogens (tertiary/aromatic N) is 2. The van der Waals surface area contributed by atoms with Crippen molar-refractivity contribution in [2.24, 2.45) is 11.3 Å². The van der Waals surface area contributed by atoms with Crippen molar-refractivity contribution >= 4 is 34.9 Å². The van der Waals surface area contributed by atoms with Gasteiger partial charge in [0.1, 0.15) is 0 Å². The van der Waals surface area contributed by atoms with Gasteiger partial charge in [0.2, 0.25) is 0 Å². The van der Waals surface area contributed by atoms with Gasteiger partial charge in [-0.1, -0.05) is 35.3 Å². The summed E-state index contributed by atoms with van der Waals surface area (Å²) in [6.45, 7) is 4.22. The van der Waals surface area contributed by atoms with Crippen LogP contribution in [-0.2, 0) is 11.3 Å². The number of carbonyl (C=O) groups is 1. The molecule has 168 valence electrons. The van der Waals surface area contributed by atoms with Gasteiger partial charge in [-0.15, -0.1) is 0 Å². The van der Waals surface area contributed by atoms with Crippen LogP contribution < -0.4 is 10.9 Å². The Bertz CT molecular complexity index is 994. The molecule has 1 saturated heterocycles. The maximum atomic E-state index is 13.9. The molecular formula is C21H22Cl2F3N3O2. The Morgan fingerprint density at radius 1 is 1.23 bits per heavy atom. The Hall–Kier alpha value is -2.00. The van der Waals surface area contributed by atoms with E-state index in [1.807, 2.05) is 4.90 Å². The van der Waals surface area contributed by atoms with Crippen molar-refractivity contribution in [2.45, 2.75) is 32.6 Å². The van der Waals surface area contributed by atoms with E-state index in [-0.39, 0.29) is 11.3 Å². The topological polar surface area (TPSA) is 69.8 Å². The quantitative estimate of drug-likeness (QED) is 0.444. The number of alkyl halides is 3. The van der Waals surface area contributed by atoms with E-state index in [1.54, 1.807) is 13.8 Å². The van der Waals surface area contributed by atoms with Gasteiger partial charge in [0, 0.05) is 29.7 Å². The number of halogens is 5. The lowest BCUT2D eigenvalue weighted by Gasteiger charge is -2.45. The average Bonchev–Trinajstić information content (AvgIpc) is 2.63. The van der Waals surface area contributed by atoms with Crippen molar-refractivity contribution in [1.82, 2.24) is 4.90 Å². The van der Waals surface area contributed by atoms with Crippen molar-refractivity contribution in [1.29, 1.82) is 0 Å². The molecule has 31 heavy (non-hydrogen) atoms. The van der Waals surface area contributed by atoms with E-state index in [4.69, 9.17) is 29.0 Å². The number of aliphatic carboxylic acids is 1. The zero-order chi connectivity index (χ0) is 23.1. The molecule has 3 N–H and O–H groups in total.